The zero-order chi connectivity index (χ0) is 17.9. The number of rotatable bonds is 6. The quantitative estimate of drug-likeness (QED) is 0.677. The molecule has 136 valence electrons. The molecule has 0 aromatic carbocycles. The zero-order valence-electron chi connectivity index (χ0n) is 15.1. The number of imidazole rings is 1. The van der Waals surface area contributed by atoms with Crippen LogP contribution in [-0.2, 0) is 37.9 Å². The van der Waals surface area contributed by atoms with Gasteiger partial charge in [-0.25, -0.2) is 4.98 Å². The fraction of sp³-hybridized carbons (Fsp3) is 0.421. The molecule has 3 aromatic rings. The van der Waals surface area contributed by atoms with Crippen LogP contribution in [0.1, 0.15) is 28.4 Å². The van der Waals surface area contributed by atoms with E-state index in [1.54, 1.807) is 12.4 Å². The van der Waals surface area contributed by atoms with E-state index in [9.17, 15) is 0 Å². The fourth-order valence-corrected chi connectivity index (χ4v) is 3.41. The van der Waals surface area contributed by atoms with Crippen molar-refractivity contribution in [3.63, 3.8) is 0 Å². The number of hydrogen-bond donors (Lipinski definition) is 0. The number of fused-ring (bicyclic) bond motifs is 1. The Balaban J connectivity index is 1.46. The maximum atomic E-state index is 6.02. The van der Waals surface area contributed by atoms with Gasteiger partial charge in [0.05, 0.1) is 30.9 Å². The normalized spacial score (nSPS) is 17.4. The van der Waals surface area contributed by atoms with E-state index in [0.29, 0.717) is 13.2 Å². The van der Waals surface area contributed by atoms with Crippen LogP contribution in [0.4, 0.5) is 0 Å². The first kappa shape index (κ1) is 16.9. The standard InChI is InChI=1S/C19H23N5O2/c1-14-7-16(22-26-14)9-24-10-18-19(23(2)13-21-18)8-17(24)12-25-11-15-3-5-20-6-4-15/h3-7,13,17H,8-12H2,1-2H3. The Morgan fingerprint density at radius 3 is 2.92 bits per heavy atom. The van der Waals surface area contributed by atoms with Gasteiger partial charge in [0.25, 0.3) is 0 Å². The molecule has 26 heavy (non-hydrogen) atoms. The molecule has 0 fully saturated rings. The molecule has 0 bridgehead atoms. The Morgan fingerprint density at radius 1 is 1.31 bits per heavy atom. The molecular weight excluding hydrogens is 330 g/mol. The molecule has 7 heteroatoms. The molecule has 3 aromatic heterocycles. The lowest BCUT2D eigenvalue weighted by atomic mass is 10.0. The van der Waals surface area contributed by atoms with Crippen molar-refractivity contribution in [2.75, 3.05) is 6.61 Å². The summed E-state index contributed by atoms with van der Waals surface area (Å²) in [6, 6.07) is 6.23. The molecule has 0 saturated carbocycles. The van der Waals surface area contributed by atoms with Crippen LogP contribution in [0.2, 0.25) is 0 Å². The van der Waals surface area contributed by atoms with Gasteiger partial charge in [0, 0.05) is 56.8 Å². The SMILES string of the molecule is Cc1cc(CN2Cc3ncn(C)c3CC2COCc2ccncc2)no1. The molecule has 7 nitrogen and oxygen atoms in total. The molecule has 1 atom stereocenters. The van der Waals surface area contributed by atoms with Crippen LogP contribution in [0, 0.1) is 6.92 Å². The van der Waals surface area contributed by atoms with Gasteiger partial charge in [-0.15, -0.1) is 0 Å². The maximum absolute atomic E-state index is 6.02. The van der Waals surface area contributed by atoms with Crippen LogP contribution >= 0.6 is 0 Å². The Labute approximate surface area is 152 Å². The van der Waals surface area contributed by atoms with E-state index in [2.05, 4.69) is 31.6 Å². The summed E-state index contributed by atoms with van der Waals surface area (Å²) in [7, 11) is 2.05. The van der Waals surface area contributed by atoms with E-state index in [1.807, 2.05) is 31.5 Å². The summed E-state index contributed by atoms with van der Waals surface area (Å²) in [4.78, 5) is 11.0. The molecule has 0 aliphatic carbocycles. The second kappa shape index (κ2) is 7.39. The first-order valence-corrected chi connectivity index (χ1v) is 8.81. The third-order valence-corrected chi connectivity index (χ3v) is 4.81. The summed E-state index contributed by atoms with van der Waals surface area (Å²) in [5, 5.41) is 4.14. The van der Waals surface area contributed by atoms with Gasteiger partial charge in [-0.2, -0.15) is 0 Å². The van der Waals surface area contributed by atoms with E-state index >= 15 is 0 Å². The molecule has 4 rings (SSSR count). The number of nitrogens with zero attached hydrogens (tertiary/aromatic N) is 5. The highest BCUT2D eigenvalue weighted by Gasteiger charge is 2.29. The summed E-state index contributed by atoms with van der Waals surface area (Å²) >= 11 is 0. The maximum Gasteiger partial charge on any atom is 0.133 e. The molecule has 1 aliphatic rings. The highest BCUT2D eigenvalue weighted by Crippen LogP contribution is 2.24. The first-order chi connectivity index (χ1) is 12.7. The van der Waals surface area contributed by atoms with Gasteiger partial charge in [0.2, 0.25) is 0 Å². The second-order valence-corrected chi connectivity index (χ2v) is 6.81. The summed E-state index contributed by atoms with van der Waals surface area (Å²) in [6.07, 6.45) is 6.39. The van der Waals surface area contributed by atoms with Crippen molar-refractivity contribution in [1.82, 2.24) is 24.6 Å². The first-order valence-electron chi connectivity index (χ1n) is 8.81. The lowest BCUT2D eigenvalue weighted by molar-refractivity contribution is 0.0351. The molecule has 0 amide bonds. The van der Waals surface area contributed by atoms with Gasteiger partial charge in [0.1, 0.15) is 5.76 Å². The van der Waals surface area contributed by atoms with Crippen LogP contribution in [0.3, 0.4) is 0 Å². The average molecular weight is 353 g/mol. The van der Waals surface area contributed by atoms with Crippen molar-refractivity contribution < 1.29 is 9.26 Å². The number of ether oxygens (including phenoxy) is 1. The van der Waals surface area contributed by atoms with Crippen molar-refractivity contribution in [1.29, 1.82) is 0 Å². The van der Waals surface area contributed by atoms with Crippen molar-refractivity contribution >= 4 is 0 Å². The molecule has 0 radical (unpaired) electrons. The third kappa shape index (κ3) is 3.68. The minimum atomic E-state index is 0.275. The molecule has 0 spiro atoms. The number of aromatic nitrogens is 4. The van der Waals surface area contributed by atoms with Crippen molar-refractivity contribution in [3.05, 3.63) is 65.3 Å². The Bertz CT molecular complexity index is 858. The molecular formula is C19H23N5O2. The minimum absolute atomic E-state index is 0.275. The average Bonchev–Trinajstić information content (AvgIpc) is 3.22. The van der Waals surface area contributed by atoms with Gasteiger partial charge in [0.15, 0.2) is 0 Å². The molecule has 0 N–H and O–H groups in total. The molecule has 1 aliphatic heterocycles. The van der Waals surface area contributed by atoms with E-state index in [0.717, 1.165) is 42.2 Å². The Kier molecular flexibility index (Phi) is 4.81. The van der Waals surface area contributed by atoms with Gasteiger partial charge >= 0.3 is 0 Å². The lowest BCUT2D eigenvalue weighted by Crippen LogP contribution is -2.43. The van der Waals surface area contributed by atoms with Gasteiger partial charge in [-0.1, -0.05) is 5.16 Å². The predicted molar refractivity (Wildman–Crippen MR) is 95.1 cm³/mol. The van der Waals surface area contributed by atoms with Crippen molar-refractivity contribution in [2.45, 2.75) is 39.1 Å². The van der Waals surface area contributed by atoms with E-state index in [4.69, 9.17) is 9.26 Å². The van der Waals surface area contributed by atoms with Gasteiger partial charge in [-0.05, 0) is 24.6 Å². The minimum Gasteiger partial charge on any atom is -0.375 e. The molecule has 4 heterocycles. The van der Waals surface area contributed by atoms with E-state index in [-0.39, 0.29) is 6.04 Å². The highest BCUT2D eigenvalue weighted by atomic mass is 16.5. The Hall–Kier alpha value is -2.51. The lowest BCUT2D eigenvalue weighted by Gasteiger charge is -2.34. The van der Waals surface area contributed by atoms with E-state index < -0.39 is 0 Å². The van der Waals surface area contributed by atoms with Gasteiger partial charge in [-0.3, -0.25) is 9.88 Å². The molecule has 1 unspecified atom stereocenters. The van der Waals surface area contributed by atoms with E-state index in [1.165, 1.54) is 5.69 Å². The topological polar surface area (TPSA) is 69.2 Å². The summed E-state index contributed by atoms with van der Waals surface area (Å²) in [6.45, 7) is 4.69. The largest absolute Gasteiger partial charge is 0.375 e. The smallest absolute Gasteiger partial charge is 0.133 e. The zero-order valence-corrected chi connectivity index (χ0v) is 15.1. The number of pyridine rings is 1. The van der Waals surface area contributed by atoms with Crippen LogP contribution in [-0.4, -0.2) is 37.2 Å². The van der Waals surface area contributed by atoms with Crippen LogP contribution in [0.15, 0.2) is 41.4 Å². The Morgan fingerprint density at radius 2 is 2.15 bits per heavy atom. The van der Waals surface area contributed by atoms with Crippen molar-refractivity contribution in [2.24, 2.45) is 7.05 Å². The number of hydrogen-bond acceptors (Lipinski definition) is 6. The summed E-state index contributed by atoms with van der Waals surface area (Å²) < 4.78 is 13.4. The predicted octanol–water partition coefficient (Wildman–Crippen LogP) is 2.26. The monoisotopic (exact) mass is 353 g/mol. The number of aryl methyl sites for hydroxylation is 2. The fourth-order valence-electron chi connectivity index (χ4n) is 3.41. The summed E-state index contributed by atoms with van der Waals surface area (Å²) in [5.41, 5.74) is 4.50. The van der Waals surface area contributed by atoms with Crippen LogP contribution in [0.25, 0.3) is 0 Å². The van der Waals surface area contributed by atoms with Crippen LogP contribution in [0.5, 0.6) is 0 Å². The van der Waals surface area contributed by atoms with Crippen LogP contribution < -0.4 is 0 Å². The second-order valence-electron chi connectivity index (χ2n) is 6.81. The van der Waals surface area contributed by atoms with Crippen molar-refractivity contribution in [3.8, 4) is 0 Å². The summed E-state index contributed by atoms with van der Waals surface area (Å²) in [5.74, 6) is 0.834. The third-order valence-electron chi connectivity index (χ3n) is 4.81. The molecule has 0 saturated heterocycles. The highest BCUT2D eigenvalue weighted by molar-refractivity contribution is 5.19. The van der Waals surface area contributed by atoms with Gasteiger partial charge < -0.3 is 13.8 Å².